The molecule has 0 aliphatic rings. The molecule has 4 rings (SSSR count). The van der Waals surface area contributed by atoms with Crippen LogP contribution in [0.25, 0.3) is 16.9 Å². The molecule has 0 aliphatic heterocycles. The summed E-state index contributed by atoms with van der Waals surface area (Å²) in [5.74, 6) is -0.819. The standard InChI is InChI=1S/C24H21N3O4S/c1-16(2)17-11-13-21(14-12-17)32(30,31)23-22(18-7-4-3-5-8-18)27(26-25-23)20-10-6-9-19(15-20)24(28)29/h3-16H,1-2H3,(H,28,29). The maximum Gasteiger partial charge on any atom is 0.335 e. The van der Waals surface area contributed by atoms with Crippen LogP contribution in [-0.2, 0) is 9.84 Å². The average Bonchev–Trinajstić information content (AvgIpc) is 3.26. The number of aromatic nitrogens is 3. The van der Waals surface area contributed by atoms with Gasteiger partial charge in [0.2, 0.25) is 14.9 Å². The van der Waals surface area contributed by atoms with Crippen molar-refractivity contribution in [3.8, 4) is 16.9 Å². The zero-order valence-electron chi connectivity index (χ0n) is 17.5. The Kier molecular flexibility index (Phi) is 5.63. The molecule has 0 saturated heterocycles. The molecule has 8 heteroatoms. The third kappa shape index (κ3) is 3.92. The van der Waals surface area contributed by atoms with Crippen molar-refractivity contribution in [1.82, 2.24) is 15.0 Å². The molecule has 4 aromatic rings. The molecule has 7 nitrogen and oxygen atoms in total. The van der Waals surface area contributed by atoms with E-state index in [1.165, 1.54) is 16.8 Å². The molecule has 0 spiro atoms. The highest BCUT2D eigenvalue weighted by molar-refractivity contribution is 7.91. The molecule has 3 aromatic carbocycles. The first kappa shape index (κ1) is 21.5. The quantitative estimate of drug-likeness (QED) is 0.464. The lowest BCUT2D eigenvalue weighted by atomic mass is 10.0. The molecule has 0 fully saturated rings. The van der Waals surface area contributed by atoms with Gasteiger partial charge >= 0.3 is 5.97 Å². The van der Waals surface area contributed by atoms with E-state index >= 15 is 0 Å². The Morgan fingerprint density at radius 3 is 2.25 bits per heavy atom. The van der Waals surface area contributed by atoms with Crippen LogP contribution in [0.3, 0.4) is 0 Å². The van der Waals surface area contributed by atoms with Gasteiger partial charge in [0.25, 0.3) is 0 Å². The number of carboxylic acid groups (broad SMARTS) is 1. The van der Waals surface area contributed by atoms with Gasteiger partial charge in [-0.25, -0.2) is 17.9 Å². The molecule has 0 radical (unpaired) electrons. The number of hydrogen-bond acceptors (Lipinski definition) is 5. The summed E-state index contributed by atoms with van der Waals surface area (Å²) in [7, 11) is -3.98. The van der Waals surface area contributed by atoms with Crippen molar-refractivity contribution in [2.24, 2.45) is 0 Å². The van der Waals surface area contributed by atoms with Crippen molar-refractivity contribution in [1.29, 1.82) is 0 Å². The van der Waals surface area contributed by atoms with E-state index in [4.69, 9.17) is 0 Å². The lowest BCUT2D eigenvalue weighted by Crippen LogP contribution is -2.07. The first-order valence-electron chi connectivity index (χ1n) is 9.99. The summed E-state index contributed by atoms with van der Waals surface area (Å²) < 4.78 is 28.4. The molecule has 0 atom stereocenters. The second-order valence-electron chi connectivity index (χ2n) is 7.60. The lowest BCUT2D eigenvalue weighted by Gasteiger charge is -2.10. The maximum absolute atomic E-state index is 13.5. The largest absolute Gasteiger partial charge is 0.478 e. The van der Waals surface area contributed by atoms with Crippen LogP contribution in [0.2, 0.25) is 0 Å². The van der Waals surface area contributed by atoms with Crippen molar-refractivity contribution in [3.05, 3.63) is 90.0 Å². The van der Waals surface area contributed by atoms with Crippen molar-refractivity contribution < 1.29 is 18.3 Å². The van der Waals surface area contributed by atoms with Crippen LogP contribution >= 0.6 is 0 Å². The van der Waals surface area contributed by atoms with Crippen LogP contribution in [0.1, 0.15) is 35.7 Å². The van der Waals surface area contributed by atoms with Crippen LogP contribution in [0.15, 0.2) is 88.8 Å². The van der Waals surface area contributed by atoms with E-state index in [2.05, 4.69) is 10.3 Å². The second-order valence-corrected chi connectivity index (χ2v) is 9.47. The van der Waals surface area contributed by atoms with Gasteiger partial charge in [0.05, 0.1) is 16.1 Å². The molecule has 0 saturated carbocycles. The Morgan fingerprint density at radius 1 is 0.938 bits per heavy atom. The fourth-order valence-electron chi connectivity index (χ4n) is 3.39. The summed E-state index contributed by atoms with van der Waals surface area (Å²) in [6.45, 7) is 4.07. The first-order chi connectivity index (χ1) is 15.3. The number of hydrogen-bond donors (Lipinski definition) is 1. The fraction of sp³-hybridized carbons (Fsp3) is 0.125. The van der Waals surface area contributed by atoms with E-state index in [1.54, 1.807) is 60.7 Å². The molecule has 162 valence electrons. The van der Waals surface area contributed by atoms with Crippen LogP contribution in [0, 0.1) is 0 Å². The number of aromatic carboxylic acids is 1. The number of carboxylic acids is 1. The highest BCUT2D eigenvalue weighted by Crippen LogP contribution is 2.32. The third-order valence-electron chi connectivity index (χ3n) is 5.14. The van der Waals surface area contributed by atoms with E-state index in [-0.39, 0.29) is 27.1 Å². The topological polar surface area (TPSA) is 102 Å². The van der Waals surface area contributed by atoms with Gasteiger partial charge in [-0.15, -0.1) is 5.10 Å². The molecule has 1 heterocycles. The Hall–Kier alpha value is -3.78. The van der Waals surface area contributed by atoms with E-state index in [1.807, 2.05) is 19.9 Å². The Balaban J connectivity index is 1.92. The molecule has 0 aliphatic carbocycles. The van der Waals surface area contributed by atoms with E-state index in [0.717, 1.165) is 5.56 Å². The van der Waals surface area contributed by atoms with E-state index in [9.17, 15) is 18.3 Å². The summed E-state index contributed by atoms with van der Waals surface area (Å²) in [5, 5.41) is 17.3. The SMILES string of the molecule is CC(C)c1ccc(S(=O)(=O)c2nnn(-c3cccc(C(=O)O)c3)c2-c2ccccc2)cc1. The molecular formula is C24H21N3O4S. The van der Waals surface area contributed by atoms with Gasteiger partial charge in [-0.2, -0.15) is 0 Å². The summed E-state index contributed by atoms with van der Waals surface area (Å²) in [4.78, 5) is 11.5. The number of rotatable bonds is 6. The molecular weight excluding hydrogens is 426 g/mol. The molecule has 0 amide bonds. The zero-order valence-corrected chi connectivity index (χ0v) is 18.3. The Labute approximate surface area is 185 Å². The predicted octanol–water partition coefficient (Wildman–Crippen LogP) is 4.59. The van der Waals surface area contributed by atoms with Gasteiger partial charge in [0.1, 0.15) is 5.69 Å². The predicted molar refractivity (Wildman–Crippen MR) is 120 cm³/mol. The monoisotopic (exact) mass is 447 g/mol. The fourth-order valence-corrected chi connectivity index (χ4v) is 4.71. The van der Waals surface area contributed by atoms with Crippen molar-refractivity contribution >= 4 is 15.8 Å². The molecule has 32 heavy (non-hydrogen) atoms. The Bertz CT molecular complexity index is 1380. The minimum atomic E-state index is -3.98. The molecule has 1 aromatic heterocycles. The van der Waals surface area contributed by atoms with E-state index < -0.39 is 15.8 Å². The van der Waals surface area contributed by atoms with Crippen molar-refractivity contribution in [2.45, 2.75) is 29.7 Å². The second kappa shape index (κ2) is 8.39. The normalized spacial score (nSPS) is 11.6. The van der Waals surface area contributed by atoms with Gasteiger partial charge < -0.3 is 5.11 Å². The van der Waals surface area contributed by atoms with E-state index in [0.29, 0.717) is 11.3 Å². The van der Waals surface area contributed by atoms with Crippen LogP contribution in [-0.4, -0.2) is 34.5 Å². The number of carbonyl (C=O) groups is 1. The van der Waals surface area contributed by atoms with Gasteiger partial charge in [-0.05, 0) is 41.8 Å². The third-order valence-corrected chi connectivity index (χ3v) is 6.81. The summed E-state index contributed by atoms with van der Waals surface area (Å²) in [5.41, 5.74) is 2.34. The Morgan fingerprint density at radius 2 is 1.62 bits per heavy atom. The summed E-state index contributed by atoms with van der Waals surface area (Å²) >= 11 is 0. The minimum Gasteiger partial charge on any atom is -0.478 e. The van der Waals surface area contributed by atoms with Crippen LogP contribution < -0.4 is 0 Å². The van der Waals surface area contributed by atoms with Gasteiger partial charge in [0, 0.05) is 5.56 Å². The molecule has 0 bridgehead atoms. The smallest absolute Gasteiger partial charge is 0.335 e. The molecule has 0 unspecified atom stereocenters. The minimum absolute atomic E-state index is 0.0608. The van der Waals surface area contributed by atoms with Crippen LogP contribution in [0.5, 0.6) is 0 Å². The van der Waals surface area contributed by atoms with Crippen molar-refractivity contribution in [3.63, 3.8) is 0 Å². The van der Waals surface area contributed by atoms with Crippen molar-refractivity contribution in [2.75, 3.05) is 0 Å². The van der Waals surface area contributed by atoms with Crippen LogP contribution in [0.4, 0.5) is 0 Å². The highest BCUT2D eigenvalue weighted by Gasteiger charge is 2.29. The van der Waals surface area contributed by atoms with Gasteiger partial charge in [0.15, 0.2) is 0 Å². The first-order valence-corrected chi connectivity index (χ1v) is 11.5. The number of sulfone groups is 1. The number of benzene rings is 3. The zero-order chi connectivity index (χ0) is 22.9. The summed E-state index contributed by atoms with van der Waals surface area (Å²) in [6.07, 6.45) is 0. The van der Waals surface area contributed by atoms with Gasteiger partial charge in [-0.1, -0.05) is 67.6 Å². The number of nitrogens with zero attached hydrogens (tertiary/aromatic N) is 3. The molecule has 1 N–H and O–H groups in total. The van der Waals surface area contributed by atoms with Gasteiger partial charge in [-0.3, -0.25) is 0 Å². The average molecular weight is 448 g/mol. The highest BCUT2D eigenvalue weighted by atomic mass is 32.2. The lowest BCUT2D eigenvalue weighted by molar-refractivity contribution is 0.0697. The maximum atomic E-state index is 13.5. The summed E-state index contributed by atoms with van der Waals surface area (Å²) in [6, 6.07) is 21.8.